The Bertz CT molecular complexity index is 370. The zero-order valence-electron chi connectivity index (χ0n) is 12.2. The molecule has 0 radical (unpaired) electrons. The Morgan fingerprint density at radius 1 is 1.21 bits per heavy atom. The van der Waals surface area contributed by atoms with Crippen molar-refractivity contribution in [3.63, 3.8) is 0 Å². The van der Waals surface area contributed by atoms with Crippen LogP contribution in [0.25, 0.3) is 0 Å². The van der Waals surface area contributed by atoms with Crippen LogP contribution in [0.3, 0.4) is 0 Å². The molecular formula is C14H26N4O. The van der Waals surface area contributed by atoms with E-state index >= 15 is 0 Å². The molecule has 0 aliphatic rings. The summed E-state index contributed by atoms with van der Waals surface area (Å²) in [6.45, 7) is 7.36. The molecule has 108 valence electrons. The molecule has 1 unspecified atom stereocenters. The topological polar surface area (TPSA) is 70.1 Å². The predicted octanol–water partition coefficient (Wildman–Crippen LogP) is 2.43. The number of anilines is 2. The van der Waals surface area contributed by atoms with Crippen LogP contribution in [-0.2, 0) is 6.42 Å². The Labute approximate surface area is 115 Å². The van der Waals surface area contributed by atoms with Gasteiger partial charge < -0.3 is 15.7 Å². The smallest absolute Gasteiger partial charge is 0.134 e. The highest BCUT2D eigenvalue weighted by atomic mass is 16.3. The summed E-state index contributed by atoms with van der Waals surface area (Å²) in [4.78, 5) is 8.68. The summed E-state index contributed by atoms with van der Waals surface area (Å²) < 4.78 is 0. The first-order valence-corrected chi connectivity index (χ1v) is 7.21. The normalized spacial score (nSPS) is 12.2. The lowest BCUT2D eigenvalue weighted by Crippen LogP contribution is -2.22. The zero-order chi connectivity index (χ0) is 14.1. The summed E-state index contributed by atoms with van der Waals surface area (Å²) in [5, 5.41) is 15.8. The number of rotatable bonds is 9. The fraction of sp³-hybridized carbons (Fsp3) is 0.714. The first kappa shape index (κ1) is 15.7. The second-order valence-electron chi connectivity index (χ2n) is 4.59. The quantitative estimate of drug-likeness (QED) is 0.640. The summed E-state index contributed by atoms with van der Waals surface area (Å²) in [7, 11) is 0. The fourth-order valence-electron chi connectivity index (χ4n) is 2.07. The molecule has 0 spiro atoms. The van der Waals surface area contributed by atoms with E-state index < -0.39 is 0 Å². The van der Waals surface area contributed by atoms with E-state index in [4.69, 9.17) is 5.11 Å². The Balaban J connectivity index is 2.93. The van der Waals surface area contributed by atoms with Crippen molar-refractivity contribution in [2.24, 2.45) is 0 Å². The van der Waals surface area contributed by atoms with E-state index in [9.17, 15) is 0 Å². The van der Waals surface area contributed by atoms with Crippen molar-refractivity contribution in [2.45, 2.75) is 52.5 Å². The Hall–Kier alpha value is -1.36. The number of aliphatic hydroxyl groups excluding tert-OH is 1. The Kier molecular flexibility index (Phi) is 7.18. The molecule has 0 bridgehead atoms. The van der Waals surface area contributed by atoms with Crippen LogP contribution in [0.4, 0.5) is 11.6 Å². The third kappa shape index (κ3) is 4.67. The van der Waals surface area contributed by atoms with Crippen LogP contribution in [0, 0.1) is 0 Å². The van der Waals surface area contributed by atoms with E-state index in [0.717, 1.165) is 49.4 Å². The summed E-state index contributed by atoms with van der Waals surface area (Å²) in [6.07, 6.45) is 5.29. The van der Waals surface area contributed by atoms with Crippen LogP contribution in [-0.4, -0.2) is 34.3 Å². The highest BCUT2D eigenvalue weighted by molar-refractivity contribution is 5.57. The van der Waals surface area contributed by atoms with Crippen LogP contribution < -0.4 is 10.6 Å². The maximum absolute atomic E-state index is 9.07. The Morgan fingerprint density at radius 3 is 2.53 bits per heavy atom. The van der Waals surface area contributed by atoms with Crippen LogP contribution >= 0.6 is 0 Å². The molecule has 0 aliphatic heterocycles. The van der Waals surface area contributed by atoms with Crippen molar-refractivity contribution in [3.8, 4) is 0 Å². The lowest BCUT2D eigenvalue weighted by atomic mass is 10.1. The number of hydrogen-bond acceptors (Lipinski definition) is 5. The number of aliphatic hydroxyl groups is 1. The van der Waals surface area contributed by atoms with Gasteiger partial charge in [-0.15, -0.1) is 0 Å². The molecule has 5 nitrogen and oxygen atoms in total. The van der Waals surface area contributed by atoms with Gasteiger partial charge in [-0.2, -0.15) is 0 Å². The average molecular weight is 266 g/mol. The van der Waals surface area contributed by atoms with E-state index in [1.54, 1.807) is 6.33 Å². The SMILES string of the molecule is CCCc1c(NCC)ncnc1NC(CC)CCO. The van der Waals surface area contributed by atoms with Crippen molar-refractivity contribution in [1.29, 1.82) is 0 Å². The summed E-state index contributed by atoms with van der Waals surface area (Å²) in [5.74, 6) is 1.81. The number of nitrogens with one attached hydrogen (secondary N) is 2. The van der Waals surface area contributed by atoms with Crippen LogP contribution in [0.2, 0.25) is 0 Å². The molecule has 0 amide bonds. The van der Waals surface area contributed by atoms with Gasteiger partial charge in [-0.05, 0) is 26.2 Å². The molecule has 3 N–H and O–H groups in total. The van der Waals surface area contributed by atoms with Gasteiger partial charge in [0.2, 0.25) is 0 Å². The maximum atomic E-state index is 9.07. The lowest BCUT2D eigenvalue weighted by molar-refractivity contribution is 0.278. The number of hydrogen-bond donors (Lipinski definition) is 3. The van der Waals surface area contributed by atoms with Gasteiger partial charge >= 0.3 is 0 Å². The molecule has 0 fully saturated rings. The monoisotopic (exact) mass is 266 g/mol. The highest BCUT2D eigenvalue weighted by Gasteiger charge is 2.13. The van der Waals surface area contributed by atoms with Gasteiger partial charge in [0.15, 0.2) is 0 Å². The minimum absolute atomic E-state index is 0.194. The molecule has 5 heteroatoms. The molecule has 0 saturated heterocycles. The zero-order valence-corrected chi connectivity index (χ0v) is 12.2. The molecule has 1 rings (SSSR count). The number of nitrogens with zero attached hydrogens (tertiary/aromatic N) is 2. The first-order valence-electron chi connectivity index (χ1n) is 7.21. The molecule has 19 heavy (non-hydrogen) atoms. The van der Waals surface area contributed by atoms with Gasteiger partial charge in [0.1, 0.15) is 18.0 Å². The Morgan fingerprint density at radius 2 is 1.95 bits per heavy atom. The van der Waals surface area contributed by atoms with Gasteiger partial charge in [0, 0.05) is 24.8 Å². The third-order valence-electron chi connectivity index (χ3n) is 3.10. The molecule has 1 aromatic heterocycles. The summed E-state index contributed by atoms with van der Waals surface area (Å²) in [5.41, 5.74) is 1.14. The molecule has 1 heterocycles. The van der Waals surface area contributed by atoms with E-state index in [-0.39, 0.29) is 12.6 Å². The minimum atomic E-state index is 0.194. The standard InChI is InChI=1S/C14H26N4O/c1-4-7-12-13(15-6-3)16-10-17-14(12)18-11(5-2)8-9-19/h10-11,19H,4-9H2,1-3H3,(H2,15,16,17,18). The van der Waals surface area contributed by atoms with Gasteiger partial charge in [-0.3, -0.25) is 0 Å². The van der Waals surface area contributed by atoms with E-state index in [0.29, 0.717) is 0 Å². The molecular weight excluding hydrogens is 240 g/mol. The van der Waals surface area contributed by atoms with Crippen molar-refractivity contribution < 1.29 is 5.11 Å². The second kappa shape index (κ2) is 8.69. The second-order valence-corrected chi connectivity index (χ2v) is 4.59. The lowest BCUT2D eigenvalue weighted by Gasteiger charge is -2.20. The van der Waals surface area contributed by atoms with Gasteiger partial charge in [0.05, 0.1) is 0 Å². The maximum Gasteiger partial charge on any atom is 0.134 e. The van der Waals surface area contributed by atoms with Crippen molar-refractivity contribution >= 4 is 11.6 Å². The largest absolute Gasteiger partial charge is 0.396 e. The molecule has 0 saturated carbocycles. The van der Waals surface area contributed by atoms with Gasteiger partial charge in [-0.25, -0.2) is 9.97 Å². The van der Waals surface area contributed by atoms with Gasteiger partial charge in [-0.1, -0.05) is 20.3 Å². The van der Waals surface area contributed by atoms with E-state index in [1.807, 2.05) is 0 Å². The third-order valence-corrected chi connectivity index (χ3v) is 3.10. The van der Waals surface area contributed by atoms with Crippen LogP contribution in [0.15, 0.2) is 6.33 Å². The fourth-order valence-corrected chi connectivity index (χ4v) is 2.07. The molecule has 1 atom stereocenters. The summed E-state index contributed by atoms with van der Waals surface area (Å²) >= 11 is 0. The molecule has 0 aliphatic carbocycles. The van der Waals surface area contributed by atoms with Crippen molar-refractivity contribution in [3.05, 3.63) is 11.9 Å². The van der Waals surface area contributed by atoms with Crippen LogP contribution in [0.1, 0.15) is 45.6 Å². The molecule has 1 aromatic rings. The number of aromatic nitrogens is 2. The average Bonchev–Trinajstić information content (AvgIpc) is 2.42. The van der Waals surface area contributed by atoms with Gasteiger partial charge in [0.25, 0.3) is 0 Å². The van der Waals surface area contributed by atoms with Crippen molar-refractivity contribution in [1.82, 2.24) is 9.97 Å². The first-order chi connectivity index (χ1) is 9.26. The van der Waals surface area contributed by atoms with E-state index in [2.05, 4.69) is 41.4 Å². The van der Waals surface area contributed by atoms with E-state index in [1.165, 1.54) is 0 Å². The van der Waals surface area contributed by atoms with Crippen molar-refractivity contribution in [2.75, 3.05) is 23.8 Å². The predicted molar refractivity (Wildman–Crippen MR) is 79.6 cm³/mol. The molecule has 0 aromatic carbocycles. The summed E-state index contributed by atoms with van der Waals surface area (Å²) in [6, 6.07) is 0.255. The highest BCUT2D eigenvalue weighted by Crippen LogP contribution is 2.23. The minimum Gasteiger partial charge on any atom is -0.396 e. The van der Waals surface area contributed by atoms with Crippen LogP contribution in [0.5, 0.6) is 0 Å².